The standard InChI is InChI=1S/C13H21F6NO/c1-4-20-9-8(6-5-7-11(9,2)3)21-10(12(14,15)16)13(17,18)19/h8-10,20H,4-7H2,1-3H3. The zero-order valence-corrected chi connectivity index (χ0v) is 12.2. The van der Waals surface area contributed by atoms with E-state index in [0.29, 0.717) is 13.0 Å². The molecule has 0 bridgehead atoms. The van der Waals surface area contributed by atoms with Gasteiger partial charge in [-0.05, 0) is 24.8 Å². The minimum atomic E-state index is -5.46. The van der Waals surface area contributed by atoms with E-state index in [0.717, 1.165) is 6.42 Å². The summed E-state index contributed by atoms with van der Waals surface area (Å²) in [6.45, 7) is 5.86. The van der Waals surface area contributed by atoms with Crippen molar-refractivity contribution in [2.24, 2.45) is 5.41 Å². The molecule has 1 saturated carbocycles. The van der Waals surface area contributed by atoms with Gasteiger partial charge in [0.05, 0.1) is 6.10 Å². The van der Waals surface area contributed by atoms with Gasteiger partial charge in [-0.15, -0.1) is 0 Å². The molecular formula is C13H21F6NO. The summed E-state index contributed by atoms with van der Waals surface area (Å²) < 4.78 is 80.2. The molecule has 0 aromatic heterocycles. The second-order valence-electron chi connectivity index (χ2n) is 6.05. The van der Waals surface area contributed by atoms with Gasteiger partial charge in [0.1, 0.15) is 0 Å². The molecule has 126 valence electrons. The van der Waals surface area contributed by atoms with Gasteiger partial charge in [-0.3, -0.25) is 0 Å². The Bertz CT molecular complexity index is 325. The molecule has 0 saturated heterocycles. The lowest BCUT2D eigenvalue weighted by Crippen LogP contribution is -2.57. The van der Waals surface area contributed by atoms with E-state index >= 15 is 0 Å². The smallest absolute Gasteiger partial charge is 0.356 e. The summed E-state index contributed by atoms with van der Waals surface area (Å²) in [7, 11) is 0. The Balaban J connectivity index is 2.95. The van der Waals surface area contributed by atoms with Crippen LogP contribution >= 0.6 is 0 Å². The SMILES string of the molecule is CCNC1C(OC(C(F)(F)F)C(F)(F)F)CCCC1(C)C. The number of hydrogen-bond donors (Lipinski definition) is 1. The van der Waals surface area contributed by atoms with Gasteiger partial charge in [0.15, 0.2) is 0 Å². The molecular weight excluding hydrogens is 300 g/mol. The maximum absolute atomic E-state index is 12.6. The Morgan fingerprint density at radius 3 is 2.10 bits per heavy atom. The molecule has 0 aromatic rings. The molecule has 1 N–H and O–H groups in total. The molecule has 21 heavy (non-hydrogen) atoms. The van der Waals surface area contributed by atoms with E-state index < -0.39 is 36.0 Å². The van der Waals surface area contributed by atoms with Crippen molar-refractivity contribution in [3.63, 3.8) is 0 Å². The fourth-order valence-electron chi connectivity index (χ4n) is 2.87. The van der Waals surface area contributed by atoms with Crippen LogP contribution in [0.5, 0.6) is 0 Å². The van der Waals surface area contributed by atoms with Crippen molar-refractivity contribution in [1.29, 1.82) is 0 Å². The third-order valence-corrected chi connectivity index (χ3v) is 3.85. The van der Waals surface area contributed by atoms with Crippen LogP contribution in [-0.2, 0) is 4.74 Å². The molecule has 1 rings (SSSR count). The number of halogens is 6. The molecule has 2 unspecified atom stereocenters. The summed E-state index contributed by atoms with van der Waals surface area (Å²) in [4.78, 5) is 0. The maximum atomic E-state index is 12.6. The molecule has 0 heterocycles. The molecule has 2 nitrogen and oxygen atoms in total. The predicted molar refractivity (Wildman–Crippen MR) is 65.9 cm³/mol. The third-order valence-electron chi connectivity index (χ3n) is 3.85. The van der Waals surface area contributed by atoms with Gasteiger partial charge in [0.2, 0.25) is 6.10 Å². The van der Waals surface area contributed by atoms with Crippen LogP contribution in [0.15, 0.2) is 0 Å². The third kappa shape index (κ3) is 4.74. The predicted octanol–water partition coefficient (Wildman–Crippen LogP) is 4.05. The highest BCUT2D eigenvalue weighted by atomic mass is 19.4. The van der Waals surface area contributed by atoms with Gasteiger partial charge in [0, 0.05) is 6.04 Å². The van der Waals surface area contributed by atoms with Crippen molar-refractivity contribution >= 4 is 0 Å². The Hall–Kier alpha value is -0.500. The zero-order valence-electron chi connectivity index (χ0n) is 12.2. The van der Waals surface area contributed by atoms with Crippen molar-refractivity contribution in [2.75, 3.05) is 6.54 Å². The lowest BCUT2D eigenvalue weighted by Gasteiger charge is -2.45. The first-order valence-corrected chi connectivity index (χ1v) is 6.92. The Labute approximate surface area is 120 Å². The van der Waals surface area contributed by atoms with Gasteiger partial charge in [-0.25, -0.2) is 0 Å². The van der Waals surface area contributed by atoms with Crippen LogP contribution in [0.4, 0.5) is 26.3 Å². The van der Waals surface area contributed by atoms with Crippen LogP contribution in [-0.4, -0.2) is 37.1 Å². The van der Waals surface area contributed by atoms with E-state index in [-0.39, 0.29) is 6.42 Å². The highest BCUT2D eigenvalue weighted by molar-refractivity contribution is 4.95. The molecule has 0 amide bonds. The van der Waals surface area contributed by atoms with Crippen molar-refractivity contribution in [2.45, 2.75) is 70.6 Å². The van der Waals surface area contributed by atoms with E-state index in [1.165, 1.54) is 0 Å². The quantitative estimate of drug-likeness (QED) is 0.789. The molecule has 1 aliphatic carbocycles. The summed E-state index contributed by atoms with van der Waals surface area (Å²) in [6.07, 6.45) is -14.3. The number of ether oxygens (including phenoxy) is 1. The highest BCUT2D eigenvalue weighted by Gasteiger charge is 2.59. The van der Waals surface area contributed by atoms with Crippen LogP contribution in [0.25, 0.3) is 0 Å². The minimum Gasteiger partial charge on any atom is -0.356 e. The summed E-state index contributed by atoms with van der Waals surface area (Å²) in [5.74, 6) is 0. The largest absolute Gasteiger partial charge is 0.423 e. The van der Waals surface area contributed by atoms with E-state index in [1.54, 1.807) is 6.92 Å². The highest BCUT2D eigenvalue weighted by Crippen LogP contribution is 2.42. The first-order valence-electron chi connectivity index (χ1n) is 6.92. The summed E-state index contributed by atoms with van der Waals surface area (Å²) in [5, 5.41) is 2.97. The van der Waals surface area contributed by atoms with E-state index in [1.807, 2.05) is 13.8 Å². The summed E-state index contributed by atoms with van der Waals surface area (Å²) >= 11 is 0. The lowest BCUT2D eigenvalue weighted by atomic mass is 9.71. The van der Waals surface area contributed by atoms with Gasteiger partial charge >= 0.3 is 12.4 Å². The molecule has 8 heteroatoms. The van der Waals surface area contributed by atoms with Crippen LogP contribution in [0.1, 0.15) is 40.0 Å². The number of rotatable bonds is 4. The second kappa shape index (κ2) is 6.32. The van der Waals surface area contributed by atoms with Crippen LogP contribution in [0.3, 0.4) is 0 Å². The van der Waals surface area contributed by atoms with Crippen molar-refractivity contribution in [3.8, 4) is 0 Å². The Morgan fingerprint density at radius 1 is 1.14 bits per heavy atom. The van der Waals surface area contributed by atoms with E-state index in [4.69, 9.17) is 0 Å². The molecule has 0 radical (unpaired) electrons. The number of alkyl halides is 6. The van der Waals surface area contributed by atoms with Crippen LogP contribution < -0.4 is 5.32 Å². The van der Waals surface area contributed by atoms with Gasteiger partial charge in [-0.2, -0.15) is 26.3 Å². The normalized spacial score (nSPS) is 27.1. The number of nitrogens with one attached hydrogen (secondary N) is 1. The molecule has 1 aliphatic rings. The lowest BCUT2D eigenvalue weighted by molar-refractivity contribution is -0.335. The fraction of sp³-hybridized carbons (Fsp3) is 1.00. The van der Waals surface area contributed by atoms with Crippen molar-refractivity contribution in [1.82, 2.24) is 5.32 Å². The number of likely N-dealkylation sites (N-methyl/N-ethyl adjacent to an activating group) is 1. The molecule has 0 aliphatic heterocycles. The van der Waals surface area contributed by atoms with Crippen LogP contribution in [0.2, 0.25) is 0 Å². The van der Waals surface area contributed by atoms with Gasteiger partial charge in [-0.1, -0.05) is 27.2 Å². The Kier molecular flexibility index (Phi) is 5.58. The van der Waals surface area contributed by atoms with E-state index in [2.05, 4.69) is 10.1 Å². The zero-order chi connectivity index (χ0) is 16.5. The minimum absolute atomic E-state index is 0.184. The second-order valence-corrected chi connectivity index (χ2v) is 6.05. The molecule has 2 atom stereocenters. The molecule has 0 aromatic carbocycles. The van der Waals surface area contributed by atoms with Crippen LogP contribution in [0, 0.1) is 5.41 Å². The Morgan fingerprint density at radius 2 is 1.67 bits per heavy atom. The van der Waals surface area contributed by atoms with Gasteiger partial charge < -0.3 is 10.1 Å². The first-order chi connectivity index (χ1) is 9.39. The monoisotopic (exact) mass is 321 g/mol. The summed E-state index contributed by atoms with van der Waals surface area (Å²) in [5.41, 5.74) is -0.416. The average molecular weight is 321 g/mol. The van der Waals surface area contributed by atoms with Crippen molar-refractivity contribution < 1.29 is 31.1 Å². The molecule has 1 fully saturated rings. The first kappa shape index (κ1) is 18.5. The number of hydrogen-bond acceptors (Lipinski definition) is 2. The van der Waals surface area contributed by atoms with Gasteiger partial charge in [0.25, 0.3) is 0 Å². The van der Waals surface area contributed by atoms with E-state index in [9.17, 15) is 26.3 Å². The summed E-state index contributed by atoms with van der Waals surface area (Å²) in [6, 6.07) is -0.538. The average Bonchev–Trinajstić information content (AvgIpc) is 2.26. The molecule has 0 spiro atoms. The topological polar surface area (TPSA) is 21.3 Å². The fourth-order valence-corrected chi connectivity index (χ4v) is 2.87. The van der Waals surface area contributed by atoms with Crippen molar-refractivity contribution in [3.05, 3.63) is 0 Å². The maximum Gasteiger partial charge on any atom is 0.423 e.